The maximum Gasteiger partial charge on any atom is 0.545 e. The molecule has 0 radical (unpaired) electrons. The number of nitrogens with two attached hydrogens (primary N) is 1. The van der Waals surface area contributed by atoms with Gasteiger partial charge in [-0.05, 0) is 44.0 Å². The maximum absolute atomic E-state index is 13.4. The molecule has 4 rings (SSSR count). The number of fused-ring (bicyclic) bond motifs is 1. The van der Waals surface area contributed by atoms with Crippen LogP contribution in [-0.4, -0.2) is 34.9 Å². The number of ether oxygens (including phenoxy) is 2. The van der Waals surface area contributed by atoms with E-state index in [4.69, 9.17) is 9.47 Å². The minimum absolute atomic E-state index is 0.163. The van der Waals surface area contributed by atoms with Gasteiger partial charge in [-0.15, -0.1) is 12.1 Å². The third kappa shape index (κ3) is 4.26. The summed E-state index contributed by atoms with van der Waals surface area (Å²) < 4.78 is 12.2. The number of carbonyl (C=O) groups excluding carboxylic acids is 2. The fourth-order valence-electron chi connectivity index (χ4n) is 3.25. The molecule has 7 nitrogen and oxygen atoms in total. The first-order chi connectivity index (χ1) is 14.8. The Kier molecular flexibility index (Phi) is 5.43. The van der Waals surface area contributed by atoms with Crippen molar-refractivity contribution < 1.29 is 28.9 Å². The highest BCUT2D eigenvalue weighted by Gasteiger charge is 2.34. The molecule has 1 aliphatic rings. The van der Waals surface area contributed by atoms with Gasteiger partial charge in [0.15, 0.2) is 22.2 Å². The second-order valence-corrected chi connectivity index (χ2v) is 8.96. The van der Waals surface area contributed by atoms with Crippen LogP contribution in [-0.2, 0) is 16.1 Å². The van der Waals surface area contributed by atoms with E-state index in [1.165, 1.54) is 15.9 Å². The Morgan fingerprint density at radius 3 is 2.71 bits per heavy atom. The van der Waals surface area contributed by atoms with Gasteiger partial charge in [-0.2, -0.15) is 4.57 Å². The van der Waals surface area contributed by atoms with Crippen LogP contribution >= 0.6 is 0 Å². The first-order valence-corrected chi connectivity index (χ1v) is 10.6. The first kappa shape index (κ1) is 20.9. The van der Waals surface area contributed by atoms with E-state index in [1.807, 2.05) is 22.8 Å². The predicted octanol–water partition coefficient (Wildman–Crippen LogP) is 1.75. The lowest BCUT2D eigenvalue weighted by Crippen LogP contribution is -2.86. The van der Waals surface area contributed by atoms with Gasteiger partial charge in [-0.25, -0.2) is 4.79 Å². The van der Waals surface area contributed by atoms with Crippen LogP contribution in [0.3, 0.4) is 0 Å². The third-order valence-corrected chi connectivity index (χ3v) is 5.63. The fourth-order valence-corrected chi connectivity index (χ4v) is 4.13. The van der Waals surface area contributed by atoms with Crippen molar-refractivity contribution in [1.82, 2.24) is 4.98 Å². The van der Waals surface area contributed by atoms with Gasteiger partial charge in [0.05, 0.1) is 18.9 Å². The molecule has 0 amide bonds. The number of Topliss-reactive ketones (excluding diaryl/α,β-unsaturated/α-hetero) is 1. The summed E-state index contributed by atoms with van der Waals surface area (Å²) in [5.41, 5.74) is 1.27. The molecule has 0 aliphatic carbocycles. The van der Waals surface area contributed by atoms with Crippen molar-refractivity contribution in [2.75, 3.05) is 7.11 Å². The summed E-state index contributed by atoms with van der Waals surface area (Å²) in [7, 11) is 1.55. The number of ketones is 1. The van der Waals surface area contributed by atoms with Gasteiger partial charge in [-0.3, -0.25) is 0 Å². The van der Waals surface area contributed by atoms with E-state index in [0.29, 0.717) is 28.3 Å². The summed E-state index contributed by atoms with van der Waals surface area (Å²) in [6, 6.07) is 9.66. The van der Waals surface area contributed by atoms with Gasteiger partial charge in [0.2, 0.25) is 0 Å². The smallest absolute Gasteiger partial charge is 0.525 e. The Bertz CT molecular complexity index is 1160. The highest BCUT2D eigenvalue weighted by Crippen LogP contribution is 2.25. The van der Waals surface area contributed by atoms with Crippen molar-refractivity contribution in [2.45, 2.75) is 26.4 Å². The average molecular weight is 438 g/mol. The van der Waals surface area contributed by atoms with Gasteiger partial charge >= 0.3 is 6.09 Å². The molecule has 2 N–H and O–H groups in total. The molecular formula is C23H23N3O4S. The van der Waals surface area contributed by atoms with E-state index < -0.39 is 11.7 Å². The highest BCUT2D eigenvalue weighted by atomic mass is 32.1. The molecule has 0 saturated carbocycles. The van der Waals surface area contributed by atoms with E-state index >= 15 is 0 Å². The Morgan fingerprint density at radius 1 is 1.23 bits per heavy atom. The second kappa shape index (κ2) is 8.05. The van der Waals surface area contributed by atoms with E-state index in [0.717, 1.165) is 10.9 Å². The zero-order valence-corrected chi connectivity index (χ0v) is 18.5. The summed E-state index contributed by atoms with van der Waals surface area (Å²) >= 11 is 1.48. The minimum atomic E-state index is -0.664. The Labute approximate surface area is 184 Å². The van der Waals surface area contributed by atoms with Gasteiger partial charge in [0.1, 0.15) is 17.6 Å². The average Bonchev–Trinajstić information content (AvgIpc) is 3.38. The standard InChI is InChI=1S/C23H23N3O4S/c1-23(2,3)30-22(28)26-12-17(16-8-7-15(29-4)10-19(16)26)20(27)18-13-31-21(25-18)14-6-5-9-24-11-14/h5-13H,25H2,1-4H3. The van der Waals surface area contributed by atoms with Gasteiger partial charge < -0.3 is 24.6 Å². The molecule has 0 unspecified atom stereocenters. The lowest BCUT2D eigenvalue weighted by molar-refractivity contribution is -0.580. The van der Waals surface area contributed by atoms with Crippen LogP contribution in [0.5, 0.6) is 5.75 Å². The Morgan fingerprint density at radius 2 is 2.03 bits per heavy atom. The Balaban J connectivity index is 1.68. The van der Waals surface area contributed by atoms with Crippen molar-refractivity contribution in [3.05, 3.63) is 71.5 Å². The lowest BCUT2D eigenvalue weighted by Gasteiger charge is -2.17. The predicted molar refractivity (Wildman–Crippen MR) is 117 cm³/mol. The Hall–Kier alpha value is -3.36. The monoisotopic (exact) mass is 437 g/mol. The molecule has 1 aromatic carbocycles. The number of carbonyl (C=O) groups is 2. The zero-order valence-electron chi connectivity index (χ0n) is 17.7. The lowest BCUT2D eigenvalue weighted by atomic mass is 10.0. The molecule has 0 saturated heterocycles. The molecule has 2 aromatic heterocycles. The SMILES string of the molecule is COc1ccc2c(C(=O)[C-]3C=[S+][C-](c4cccnc4)[NH2+]3)c[n+](C(=O)OC(C)(C)C)[c-]2c1. The number of hydrogen-bond donors (Lipinski definition) is 1. The summed E-state index contributed by atoms with van der Waals surface area (Å²) in [5.74, 6) is 0.424. The quantitative estimate of drug-likeness (QED) is 0.221. The topological polar surface area (TPSA) is 86.0 Å². The molecule has 31 heavy (non-hydrogen) atoms. The van der Waals surface area contributed by atoms with Crippen LogP contribution in [0.2, 0.25) is 0 Å². The molecule has 0 spiro atoms. The third-order valence-electron chi connectivity index (χ3n) is 4.66. The summed E-state index contributed by atoms with van der Waals surface area (Å²) in [4.78, 5) is 30.3. The molecule has 3 heterocycles. The number of hydrogen-bond acceptors (Lipinski definition) is 5. The summed E-state index contributed by atoms with van der Waals surface area (Å²) in [5, 5.41) is 5.29. The van der Waals surface area contributed by atoms with E-state index in [-0.39, 0.29) is 5.78 Å². The first-order valence-electron chi connectivity index (χ1n) is 9.73. The number of quaternary nitrogens is 1. The molecule has 0 bridgehead atoms. The number of nitrogens with zero attached hydrogens (tertiary/aromatic N) is 2. The maximum atomic E-state index is 13.4. The summed E-state index contributed by atoms with van der Waals surface area (Å²) in [6.07, 6.45) is 4.47. The summed E-state index contributed by atoms with van der Waals surface area (Å²) in [6.45, 7) is 5.40. The van der Waals surface area contributed by atoms with Gasteiger partial charge in [-0.1, -0.05) is 18.3 Å². The van der Waals surface area contributed by atoms with Crippen molar-refractivity contribution in [2.24, 2.45) is 0 Å². The molecule has 8 heteroatoms. The van der Waals surface area contributed by atoms with Gasteiger partial charge in [0, 0.05) is 5.56 Å². The van der Waals surface area contributed by atoms with E-state index in [2.05, 4.69) is 4.98 Å². The van der Waals surface area contributed by atoms with E-state index in [1.54, 1.807) is 64.7 Å². The molecule has 160 valence electrons. The van der Waals surface area contributed by atoms with Crippen molar-refractivity contribution in [3.63, 3.8) is 0 Å². The molecule has 3 aromatic rings. The molecule has 0 fully saturated rings. The highest BCUT2D eigenvalue weighted by molar-refractivity contribution is 7.81. The minimum Gasteiger partial charge on any atom is -0.525 e. The van der Waals surface area contributed by atoms with Crippen LogP contribution < -0.4 is 14.6 Å². The van der Waals surface area contributed by atoms with E-state index in [9.17, 15) is 9.59 Å². The van der Waals surface area contributed by atoms with Crippen LogP contribution in [0, 0.1) is 11.4 Å². The van der Waals surface area contributed by atoms with Crippen molar-refractivity contribution in [1.29, 1.82) is 0 Å². The van der Waals surface area contributed by atoms with Crippen molar-refractivity contribution >= 4 is 39.5 Å². The molecular weight excluding hydrogens is 414 g/mol. The molecule has 0 atom stereocenters. The van der Waals surface area contributed by atoms with Crippen molar-refractivity contribution in [3.8, 4) is 5.75 Å². The largest absolute Gasteiger partial charge is 0.545 e. The van der Waals surface area contributed by atoms with Crippen LogP contribution in [0.4, 0.5) is 4.79 Å². The molecule has 1 aliphatic heterocycles. The fraction of sp³-hybridized carbons (Fsp3) is 0.217. The number of aromatic nitrogens is 2. The number of rotatable bonds is 4. The normalized spacial score (nSPS) is 13.7. The number of methoxy groups -OCH3 is 1. The van der Waals surface area contributed by atoms with Gasteiger partial charge in [0.25, 0.3) is 5.37 Å². The van der Waals surface area contributed by atoms with Crippen LogP contribution in [0.1, 0.15) is 36.7 Å². The second-order valence-electron chi connectivity index (χ2n) is 8.05. The van der Waals surface area contributed by atoms with Crippen LogP contribution in [0.15, 0.2) is 48.9 Å². The number of benzene rings is 1. The number of pyridine rings is 1. The van der Waals surface area contributed by atoms with Crippen LogP contribution in [0.25, 0.3) is 10.9 Å². The zero-order chi connectivity index (χ0) is 22.2.